The molecule has 0 unspecified atom stereocenters. The van der Waals surface area contributed by atoms with Gasteiger partial charge in [0.2, 0.25) is 5.91 Å². The Balaban J connectivity index is 1.58. The number of nitrogens with zero attached hydrogens (tertiary/aromatic N) is 1. The molecule has 1 atom stereocenters. The second-order valence-electron chi connectivity index (χ2n) is 7.05. The van der Waals surface area contributed by atoms with E-state index in [1.54, 1.807) is 13.3 Å². The minimum Gasteiger partial charge on any atom is -0.382 e. The molecule has 1 aromatic heterocycles. The van der Waals surface area contributed by atoms with Gasteiger partial charge in [0, 0.05) is 43.7 Å². The highest BCUT2D eigenvalue weighted by molar-refractivity contribution is 5.98. The molecular formula is C24H29N3O3. The highest BCUT2D eigenvalue weighted by Crippen LogP contribution is 2.21. The smallest absolute Gasteiger partial charge is 0.233 e. The standard InChI is InChI=1S/C24H29N3O3/c1-29-14-15-30-13-5-11-25-18-23(19-6-3-2-4-7-19)24(28)27-22-9-8-21-17-26-12-10-20(21)16-22/h2-4,6-10,12,16-17,23,25H,5,11,13-15,18H2,1H3,(H,27,28)/t23-/m1/s1. The van der Waals surface area contributed by atoms with Crippen LogP contribution in [0.4, 0.5) is 5.69 Å². The molecule has 3 rings (SSSR count). The van der Waals surface area contributed by atoms with Crippen molar-refractivity contribution in [3.05, 3.63) is 72.6 Å². The van der Waals surface area contributed by atoms with Crippen LogP contribution < -0.4 is 10.6 Å². The van der Waals surface area contributed by atoms with Gasteiger partial charge in [-0.25, -0.2) is 0 Å². The van der Waals surface area contributed by atoms with Crippen molar-refractivity contribution in [2.24, 2.45) is 0 Å². The van der Waals surface area contributed by atoms with Crippen LogP contribution in [0.15, 0.2) is 67.0 Å². The average Bonchev–Trinajstić information content (AvgIpc) is 2.78. The summed E-state index contributed by atoms with van der Waals surface area (Å²) in [4.78, 5) is 17.2. The van der Waals surface area contributed by atoms with Gasteiger partial charge < -0.3 is 20.1 Å². The Morgan fingerprint density at radius 1 is 1.03 bits per heavy atom. The van der Waals surface area contributed by atoms with Crippen molar-refractivity contribution >= 4 is 22.4 Å². The van der Waals surface area contributed by atoms with Crippen LogP contribution in [0.2, 0.25) is 0 Å². The van der Waals surface area contributed by atoms with Crippen LogP contribution >= 0.6 is 0 Å². The van der Waals surface area contributed by atoms with E-state index < -0.39 is 0 Å². The maximum absolute atomic E-state index is 13.1. The number of aromatic nitrogens is 1. The van der Waals surface area contributed by atoms with Gasteiger partial charge in [0.1, 0.15) is 0 Å². The van der Waals surface area contributed by atoms with Crippen LogP contribution in [-0.4, -0.2) is 50.9 Å². The third-order valence-electron chi connectivity index (χ3n) is 4.85. The van der Waals surface area contributed by atoms with Crippen molar-refractivity contribution in [3.63, 3.8) is 0 Å². The van der Waals surface area contributed by atoms with E-state index in [0.717, 1.165) is 35.0 Å². The summed E-state index contributed by atoms with van der Waals surface area (Å²) in [6.07, 6.45) is 4.45. The molecule has 0 aliphatic rings. The molecule has 1 amide bonds. The van der Waals surface area contributed by atoms with Crippen LogP contribution in [0, 0.1) is 0 Å². The zero-order chi connectivity index (χ0) is 21.0. The van der Waals surface area contributed by atoms with E-state index in [1.807, 2.05) is 60.8 Å². The summed E-state index contributed by atoms with van der Waals surface area (Å²) in [5.41, 5.74) is 1.77. The van der Waals surface area contributed by atoms with Crippen LogP contribution in [0.25, 0.3) is 10.8 Å². The molecule has 0 radical (unpaired) electrons. The molecule has 1 heterocycles. The highest BCUT2D eigenvalue weighted by atomic mass is 16.5. The number of hydrogen-bond donors (Lipinski definition) is 2. The molecule has 6 nitrogen and oxygen atoms in total. The molecule has 30 heavy (non-hydrogen) atoms. The van der Waals surface area contributed by atoms with Crippen LogP contribution in [0.1, 0.15) is 17.9 Å². The molecule has 6 heteroatoms. The summed E-state index contributed by atoms with van der Waals surface area (Å²) >= 11 is 0. The molecule has 2 N–H and O–H groups in total. The van der Waals surface area contributed by atoms with E-state index in [0.29, 0.717) is 26.4 Å². The molecule has 3 aromatic rings. The molecule has 0 aliphatic heterocycles. The molecule has 0 spiro atoms. The Hall–Kier alpha value is -2.80. The molecular weight excluding hydrogens is 378 g/mol. The Kier molecular flexibility index (Phi) is 8.78. The topological polar surface area (TPSA) is 72.5 Å². The van der Waals surface area contributed by atoms with Crippen molar-refractivity contribution in [1.29, 1.82) is 0 Å². The minimum atomic E-state index is -0.284. The number of pyridine rings is 1. The number of ether oxygens (including phenoxy) is 2. The number of carbonyl (C=O) groups is 1. The first-order valence-corrected chi connectivity index (χ1v) is 10.2. The first-order chi connectivity index (χ1) is 14.8. The lowest BCUT2D eigenvalue weighted by Crippen LogP contribution is -2.31. The SMILES string of the molecule is COCCOCCCNC[C@@H](C(=O)Nc1ccc2cnccc2c1)c1ccccc1. The summed E-state index contributed by atoms with van der Waals surface area (Å²) in [6, 6.07) is 17.7. The largest absolute Gasteiger partial charge is 0.382 e. The molecule has 0 fully saturated rings. The second kappa shape index (κ2) is 12.0. The minimum absolute atomic E-state index is 0.0292. The Bertz CT molecular complexity index is 918. The molecule has 2 aromatic carbocycles. The fourth-order valence-electron chi connectivity index (χ4n) is 3.23. The number of fused-ring (bicyclic) bond motifs is 1. The predicted molar refractivity (Wildman–Crippen MR) is 120 cm³/mol. The van der Waals surface area contributed by atoms with Crippen LogP contribution in [0.3, 0.4) is 0 Å². The van der Waals surface area contributed by atoms with Gasteiger partial charge in [-0.1, -0.05) is 36.4 Å². The number of nitrogens with one attached hydrogen (secondary N) is 2. The van der Waals surface area contributed by atoms with Crippen LogP contribution in [-0.2, 0) is 14.3 Å². The van der Waals surface area contributed by atoms with Gasteiger partial charge >= 0.3 is 0 Å². The van der Waals surface area contributed by atoms with Gasteiger partial charge in [-0.05, 0) is 42.1 Å². The Morgan fingerprint density at radius 3 is 2.73 bits per heavy atom. The predicted octanol–water partition coefficient (Wildman–Crippen LogP) is 3.60. The first kappa shape index (κ1) is 21.9. The number of methoxy groups -OCH3 is 1. The van der Waals surface area contributed by atoms with E-state index in [-0.39, 0.29) is 11.8 Å². The maximum Gasteiger partial charge on any atom is 0.233 e. The third kappa shape index (κ3) is 6.62. The van der Waals surface area contributed by atoms with E-state index >= 15 is 0 Å². The number of rotatable bonds is 12. The number of anilines is 1. The maximum atomic E-state index is 13.1. The quantitative estimate of drug-likeness (QED) is 0.449. The molecule has 0 aliphatic carbocycles. The third-order valence-corrected chi connectivity index (χ3v) is 4.85. The average molecular weight is 408 g/mol. The van der Waals surface area contributed by atoms with Gasteiger partial charge in [-0.2, -0.15) is 0 Å². The monoisotopic (exact) mass is 407 g/mol. The Morgan fingerprint density at radius 2 is 1.90 bits per heavy atom. The summed E-state index contributed by atoms with van der Waals surface area (Å²) < 4.78 is 10.4. The molecule has 0 saturated carbocycles. The van der Waals surface area contributed by atoms with Gasteiger partial charge in [0.25, 0.3) is 0 Å². The van der Waals surface area contributed by atoms with Crippen molar-refractivity contribution in [3.8, 4) is 0 Å². The van der Waals surface area contributed by atoms with Crippen molar-refractivity contribution in [1.82, 2.24) is 10.3 Å². The van der Waals surface area contributed by atoms with Gasteiger partial charge in [-0.3, -0.25) is 9.78 Å². The molecule has 0 saturated heterocycles. The number of carbonyl (C=O) groups excluding carboxylic acids is 1. The summed E-state index contributed by atoms with van der Waals surface area (Å²) in [6.45, 7) is 3.23. The lowest BCUT2D eigenvalue weighted by atomic mass is 9.98. The normalized spacial score (nSPS) is 12.0. The summed E-state index contributed by atoms with van der Waals surface area (Å²) in [7, 11) is 1.66. The first-order valence-electron chi connectivity index (χ1n) is 10.2. The van der Waals surface area contributed by atoms with Crippen LogP contribution in [0.5, 0.6) is 0 Å². The fourth-order valence-corrected chi connectivity index (χ4v) is 3.23. The van der Waals surface area contributed by atoms with E-state index in [4.69, 9.17) is 9.47 Å². The van der Waals surface area contributed by atoms with Gasteiger partial charge in [0.05, 0.1) is 19.1 Å². The lowest BCUT2D eigenvalue weighted by molar-refractivity contribution is -0.117. The van der Waals surface area contributed by atoms with E-state index in [9.17, 15) is 4.79 Å². The summed E-state index contributed by atoms with van der Waals surface area (Å²) in [5.74, 6) is -0.313. The van der Waals surface area contributed by atoms with Gasteiger partial charge in [0.15, 0.2) is 0 Å². The second-order valence-corrected chi connectivity index (χ2v) is 7.05. The van der Waals surface area contributed by atoms with E-state index in [1.165, 1.54) is 0 Å². The molecule has 0 bridgehead atoms. The zero-order valence-corrected chi connectivity index (χ0v) is 17.3. The van der Waals surface area contributed by atoms with Crippen molar-refractivity contribution in [2.75, 3.05) is 45.3 Å². The zero-order valence-electron chi connectivity index (χ0n) is 17.3. The Labute approximate surface area is 177 Å². The number of hydrogen-bond acceptors (Lipinski definition) is 5. The van der Waals surface area contributed by atoms with Crippen molar-refractivity contribution in [2.45, 2.75) is 12.3 Å². The summed E-state index contributed by atoms with van der Waals surface area (Å²) in [5, 5.41) is 8.55. The van der Waals surface area contributed by atoms with E-state index in [2.05, 4.69) is 15.6 Å². The number of benzene rings is 2. The fraction of sp³-hybridized carbons (Fsp3) is 0.333. The van der Waals surface area contributed by atoms with Gasteiger partial charge in [-0.15, -0.1) is 0 Å². The number of amides is 1. The lowest BCUT2D eigenvalue weighted by Gasteiger charge is -2.18. The highest BCUT2D eigenvalue weighted by Gasteiger charge is 2.20. The molecule has 158 valence electrons. The van der Waals surface area contributed by atoms with Crippen molar-refractivity contribution < 1.29 is 14.3 Å².